The second-order valence-corrected chi connectivity index (χ2v) is 14.4. The van der Waals surface area contributed by atoms with Gasteiger partial charge in [0.1, 0.15) is 23.9 Å². The number of aliphatic carboxylic acids is 1. The van der Waals surface area contributed by atoms with Crippen molar-refractivity contribution in [3.63, 3.8) is 0 Å². The average molecular weight is 738 g/mol. The summed E-state index contributed by atoms with van der Waals surface area (Å²) in [5.74, 6) is -2.89. The zero-order chi connectivity index (χ0) is 38.7. The summed E-state index contributed by atoms with van der Waals surface area (Å²) < 4.78 is 11.8. The van der Waals surface area contributed by atoms with Gasteiger partial charge >= 0.3 is 12.1 Å². The molecule has 0 aromatic heterocycles. The molecule has 7 rings (SSSR count). The molecule has 1 aliphatic heterocycles. The molecular formula is C45H43N3O7. The highest BCUT2D eigenvalue weighted by Gasteiger charge is 2.53. The fraction of sp³-hybridized carbons (Fsp3) is 0.244. The molecule has 280 valence electrons. The number of alkyl carbamates (subject to hydrolysis) is 1. The van der Waals surface area contributed by atoms with E-state index in [1.807, 2.05) is 140 Å². The fourth-order valence-corrected chi connectivity index (χ4v) is 8.21. The number of nitrogens with zero attached hydrogens (tertiary/aromatic N) is 1. The normalized spacial score (nSPS) is 17.8. The number of ether oxygens (including phenoxy) is 2. The second kappa shape index (κ2) is 15.2. The lowest BCUT2D eigenvalue weighted by Gasteiger charge is -2.38. The van der Waals surface area contributed by atoms with Crippen molar-refractivity contribution in [2.75, 3.05) is 6.61 Å². The third kappa shape index (κ3) is 7.08. The topological polar surface area (TPSA) is 134 Å². The molecule has 0 spiro atoms. The van der Waals surface area contributed by atoms with Gasteiger partial charge in [0.15, 0.2) is 6.04 Å². The van der Waals surface area contributed by atoms with E-state index in [0.29, 0.717) is 0 Å². The van der Waals surface area contributed by atoms with Gasteiger partial charge in [-0.15, -0.1) is 0 Å². The number of carbonyl (C=O) groups excluding carboxylic acids is 3. The standard InChI is InChI=1S/C45H43N3O7/c1-29-40(42(51)52)48(44(2,3)55-29)41(50)38(46-43(53)54-28-37-35-25-15-13-23-33(35)34-24-14-16-26-36(34)37)27-39(49)47-45(30-17-7-4-8-18-30,31-19-9-5-10-20-31)32-21-11-6-12-22-32/h4-26,29,37-38,40H,27-28H2,1-3H3,(H,46,53)(H,47,49)(H,51,52)/t29-,38-,40-/m0/s1. The van der Waals surface area contributed by atoms with Crippen LogP contribution in [0.1, 0.15) is 60.9 Å². The lowest BCUT2D eigenvalue weighted by Crippen LogP contribution is -2.59. The highest BCUT2D eigenvalue weighted by Crippen LogP contribution is 2.44. The number of hydrogen-bond acceptors (Lipinski definition) is 6. The van der Waals surface area contributed by atoms with Crippen LogP contribution in [0, 0.1) is 0 Å². The summed E-state index contributed by atoms with van der Waals surface area (Å²) >= 11 is 0. The SMILES string of the molecule is C[C@@H]1OC(C)(C)N(C(=O)[C@H](CC(=O)NC(c2ccccc2)(c2ccccc2)c2ccccc2)NC(=O)OCC2c3ccccc3-c3ccccc32)[C@@H]1C(=O)O. The summed E-state index contributed by atoms with van der Waals surface area (Å²) in [6, 6.07) is 41.4. The molecule has 0 radical (unpaired) electrons. The number of carbonyl (C=O) groups is 4. The van der Waals surface area contributed by atoms with E-state index in [1.165, 1.54) is 0 Å². The van der Waals surface area contributed by atoms with Crippen LogP contribution >= 0.6 is 0 Å². The van der Waals surface area contributed by atoms with Gasteiger partial charge in [-0.25, -0.2) is 9.59 Å². The third-order valence-electron chi connectivity index (χ3n) is 10.5. The van der Waals surface area contributed by atoms with Crippen LogP contribution in [0.15, 0.2) is 140 Å². The molecule has 1 heterocycles. The fourth-order valence-electron chi connectivity index (χ4n) is 8.21. The van der Waals surface area contributed by atoms with E-state index in [4.69, 9.17) is 9.47 Å². The minimum Gasteiger partial charge on any atom is -0.480 e. The van der Waals surface area contributed by atoms with Gasteiger partial charge in [0.25, 0.3) is 0 Å². The maximum Gasteiger partial charge on any atom is 0.407 e. The Balaban J connectivity index is 1.21. The first-order chi connectivity index (χ1) is 26.5. The molecule has 0 unspecified atom stereocenters. The molecule has 1 aliphatic carbocycles. The summed E-state index contributed by atoms with van der Waals surface area (Å²) in [7, 11) is 0. The molecule has 10 nitrogen and oxygen atoms in total. The highest BCUT2D eigenvalue weighted by atomic mass is 16.6. The Morgan fingerprint density at radius 2 is 1.20 bits per heavy atom. The number of rotatable bonds is 11. The molecule has 0 saturated carbocycles. The van der Waals surface area contributed by atoms with Gasteiger partial charge < -0.3 is 25.2 Å². The monoisotopic (exact) mass is 737 g/mol. The van der Waals surface area contributed by atoms with Gasteiger partial charge in [-0.1, -0.05) is 140 Å². The first kappa shape index (κ1) is 37.1. The van der Waals surface area contributed by atoms with Crippen LogP contribution in [0.25, 0.3) is 11.1 Å². The van der Waals surface area contributed by atoms with E-state index >= 15 is 0 Å². The van der Waals surface area contributed by atoms with Crippen molar-refractivity contribution in [3.05, 3.63) is 167 Å². The van der Waals surface area contributed by atoms with Gasteiger partial charge in [-0.2, -0.15) is 0 Å². The molecule has 1 fully saturated rings. The molecule has 2 aliphatic rings. The van der Waals surface area contributed by atoms with Crippen molar-refractivity contribution < 1.29 is 33.8 Å². The Bertz CT molecular complexity index is 2050. The van der Waals surface area contributed by atoms with E-state index in [2.05, 4.69) is 10.6 Å². The van der Waals surface area contributed by atoms with Crippen molar-refractivity contribution in [1.82, 2.24) is 15.5 Å². The first-order valence-electron chi connectivity index (χ1n) is 18.3. The zero-order valence-electron chi connectivity index (χ0n) is 30.8. The van der Waals surface area contributed by atoms with Crippen LogP contribution in [0.4, 0.5) is 4.79 Å². The summed E-state index contributed by atoms with van der Waals surface area (Å²) in [6.07, 6.45) is -2.32. The minimum atomic E-state index is -1.52. The van der Waals surface area contributed by atoms with E-state index in [9.17, 15) is 24.3 Å². The number of carboxylic acids is 1. The Morgan fingerprint density at radius 3 is 1.67 bits per heavy atom. The van der Waals surface area contributed by atoms with Crippen molar-refractivity contribution >= 4 is 23.9 Å². The minimum absolute atomic E-state index is 0.0286. The molecule has 5 aromatic rings. The number of fused-ring (bicyclic) bond motifs is 3. The second-order valence-electron chi connectivity index (χ2n) is 14.4. The van der Waals surface area contributed by atoms with E-state index < -0.39 is 59.7 Å². The summed E-state index contributed by atoms with van der Waals surface area (Å²) in [4.78, 5) is 56.5. The summed E-state index contributed by atoms with van der Waals surface area (Å²) in [5.41, 5.74) is 3.87. The van der Waals surface area contributed by atoms with Crippen molar-refractivity contribution in [1.29, 1.82) is 0 Å². The van der Waals surface area contributed by atoms with Crippen LogP contribution in [-0.4, -0.2) is 64.4 Å². The molecule has 3 atom stereocenters. The third-order valence-corrected chi connectivity index (χ3v) is 10.5. The van der Waals surface area contributed by atoms with Gasteiger partial charge in [0.05, 0.1) is 12.5 Å². The smallest absolute Gasteiger partial charge is 0.407 e. The number of benzene rings is 5. The number of nitrogens with one attached hydrogen (secondary N) is 2. The quantitative estimate of drug-likeness (QED) is 0.127. The Hall–Kier alpha value is -6.26. The van der Waals surface area contributed by atoms with E-state index in [-0.39, 0.29) is 12.5 Å². The molecule has 0 bridgehead atoms. The average Bonchev–Trinajstić information content (AvgIpc) is 3.65. The number of carboxylic acid groups (broad SMARTS) is 1. The predicted molar refractivity (Wildman–Crippen MR) is 207 cm³/mol. The van der Waals surface area contributed by atoms with Crippen LogP contribution < -0.4 is 10.6 Å². The Kier molecular flexibility index (Phi) is 10.3. The lowest BCUT2D eigenvalue weighted by atomic mass is 9.77. The van der Waals surface area contributed by atoms with Gasteiger partial charge in [0, 0.05) is 5.92 Å². The largest absolute Gasteiger partial charge is 0.480 e. The van der Waals surface area contributed by atoms with Crippen LogP contribution in [0.3, 0.4) is 0 Å². The molecular weight excluding hydrogens is 695 g/mol. The molecule has 10 heteroatoms. The Labute approximate surface area is 320 Å². The van der Waals surface area contributed by atoms with Crippen molar-refractivity contribution in [3.8, 4) is 11.1 Å². The Morgan fingerprint density at radius 1 is 0.745 bits per heavy atom. The molecule has 3 N–H and O–H groups in total. The van der Waals surface area contributed by atoms with E-state index in [0.717, 1.165) is 43.8 Å². The van der Waals surface area contributed by atoms with Crippen molar-refractivity contribution in [2.24, 2.45) is 0 Å². The first-order valence-corrected chi connectivity index (χ1v) is 18.3. The van der Waals surface area contributed by atoms with Crippen LogP contribution in [0.5, 0.6) is 0 Å². The maximum atomic E-state index is 14.6. The molecule has 55 heavy (non-hydrogen) atoms. The molecule has 5 aromatic carbocycles. The number of amides is 3. The van der Waals surface area contributed by atoms with Gasteiger partial charge in [-0.3, -0.25) is 14.5 Å². The van der Waals surface area contributed by atoms with Gasteiger partial charge in [0.2, 0.25) is 11.8 Å². The summed E-state index contributed by atoms with van der Waals surface area (Å²) in [5, 5.41) is 16.1. The predicted octanol–water partition coefficient (Wildman–Crippen LogP) is 6.83. The zero-order valence-corrected chi connectivity index (χ0v) is 30.8. The lowest BCUT2D eigenvalue weighted by molar-refractivity contribution is -0.157. The van der Waals surface area contributed by atoms with Crippen LogP contribution in [-0.2, 0) is 29.4 Å². The molecule has 1 saturated heterocycles. The van der Waals surface area contributed by atoms with Crippen molar-refractivity contribution in [2.45, 2.75) is 62.6 Å². The number of hydrogen-bond donors (Lipinski definition) is 3. The highest BCUT2D eigenvalue weighted by molar-refractivity contribution is 5.94. The van der Waals surface area contributed by atoms with Gasteiger partial charge in [-0.05, 0) is 59.7 Å². The van der Waals surface area contributed by atoms with Crippen LogP contribution in [0.2, 0.25) is 0 Å². The maximum absolute atomic E-state index is 14.6. The molecule has 3 amide bonds. The van der Waals surface area contributed by atoms with E-state index in [1.54, 1.807) is 20.8 Å². The summed E-state index contributed by atoms with van der Waals surface area (Å²) in [6.45, 7) is 4.71.